The van der Waals surface area contributed by atoms with Crippen molar-refractivity contribution in [1.82, 2.24) is 5.43 Å². The van der Waals surface area contributed by atoms with Gasteiger partial charge in [-0.15, -0.1) is 0 Å². The number of nitrogens with one attached hydrogen (secondary N) is 1. The largest absolute Gasteiger partial charge is 0.481 e. The zero-order valence-electron chi connectivity index (χ0n) is 14.8. The molecule has 0 aromatic heterocycles. The molecule has 0 saturated heterocycles. The summed E-state index contributed by atoms with van der Waals surface area (Å²) in [4.78, 5) is 22.5. The molecule has 0 spiro atoms. The van der Waals surface area contributed by atoms with Crippen LogP contribution in [-0.4, -0.2) is 23.1 Å². The molecule has 0 saturated carbocycles. The van der Waals surface area contributed by atoms with Gasteiger partial charge in [-0.2, -0.15) is 5.10 Å². The average molecular weight is 398 g/mol. The van der Waals surface area contributed by atoms with E-state index in [1.165, 1.54) is 24.4 Å². The molecule has 1 amide bonds. The number of benzene rings is 3. The van der Waals surface area contributed by atoms with Crippen LogP contribution in [0.4, 0.5) is 5.69 Å². The predicted octanol–water partition coefficient (Wildman–Crippen LogP) is 4.32. The third kappa shape index (κ3) is 4.63. The molecule has 0 radical (unpaired) electrons. The number of rotatable bonds is 6. The van der Waals surface area contributed by atoms with Gasteiger partial charge in [-0.3, -0.25) is 14.9 Å². The van der Waals surface area contributed by atoms with Gasteiger partial charge in [-0.1, -0.05) is 41.9 Å². The molecule has 0 aliphatic rings. The number of fused-ring (bicyclic) bond motifs is 1. The molecule has 7 nitrogen and oxygen atoms in total. The van der Waals surface area contributed by atoms with E-state index in [2.05, 4.69) is 10.5 Å². The summed E-state index contributed by atoms with van der Waals surface area (Å²) in [5.41, 5.74) is 2.54. The highest BCUT2D eigenvalue weighted by molar-refractivity contribution is 6.33. The summed E-state index contributed by atoms with van der Waals surface area (Å²) in [5, 5.41) is 17.0. The minimum absolute atomic E-state index is 0.120. The Morgan fingerprint density at radius 3 is 2.68 bits per heavy atom. The number of amides is 1. The molecule has 1 atom stereocenters. The highest BCUT2D eigenvalue weighted by atomic mass is 35.5. The monoisotopic (exact) mass is 397 g/mol. The fraction of sp³-hybridized carbons (Fsp3) is 0.100. The fourth-order valence-corrected chi connectivity index (χ4v) is 2.66. The Morgan fingerprint density at radius 1 is 1.18 bits per heavy atom. The number of hydrazone groups is 1. The lowest BCUT2D eigenvalue weighted by Crippen LogP contribution is -2.33. The molecule has 8 heteroatoms. The molecule has 0 bridgehead atoms. The Labute approximate surface area is 165 Å². The van der Waals surface area contributed by atoms with Gasteiger partial charge in [0.15, 0.2) is 6.10 Å². The van der Waals surface area contributed by atoms with Crippen LogP contribution in [0.15, 0.2) is 65.8 Å². The summed E-state index contributed by atoms with van der Waals surface area (Å²) in [6.45, 7) is 1.60. The van der Waals surface area contributed by atoms with Crippen LogP contribution < -0.4 is 10.2 Å². The summed E-state index contributed by atoms with van der Waals surface area (Å²) in [6, 6.07) is 17.3. The molecule has 1 N–H and O–H groups in total. The number of halogens is 1. The van der Waals surface area contributed by atoms with Crippen molar-refractivity contribution in [3.63, 3.8) is 0 Å². The van der Waals surface area contributed by atoms with Crippen molar-refractivity contribution < 1.29 is 14.5 Å². The van der Waals surface area contributed by atoms with Crippen molar-refractivity contribution in [2.24, 2.45) is 5.10 Å². The van der Waals surface area contributed by atoms with Gasteiger partial charge in [0.25, 0.3) is 11.6 Å². The van der Waals surface area contributed by atoms with E-state index in [-0.39, 0.29) is 10.7 Å². The van der Waals surface area contributed by atoms with Gasteiger partial charge in [0.2, 0.25) is 0 Å². The Morgan fingerprint density at radius 2 is 1.93 bits per heavy atom. The molecule has 28 heavy (non-hydrogen) atoms. The maximum absolute atomic E-state index is 12.2. The molecule has 0 heterocycles. The molecular formula is C20H16ClN3O4. The normalized spacial score (nSPS) is 12.1. The summed E-state index contributed by atoms with van der Waals surface area (Å²) < 4.78 is 5.66. The van der Waals surface area contributed by atoms with Crippen LogP contribution in [-0.2, 0) is 4.79 Å². The van der Waals surface area contributed by atoms with E-state index < -0.39 is 16.9 Å². The van der Waals surface area contributed by atoms with E-state index in [1.807, 2.05) is 36.4 Å². The smallest absolute Gasteiger partial charge is 0.280 e. The molecule has 142 valence electrons. The Kier molecular flexibility index (Phi) is 5.86. The topological polar surface area (TPSA) is 93.8 Å². The van der Waals surface area contributed by atoms with Gasteiger partial charge < -0.3 is 4.74 Å². The van der Waals surface area contributed by atoms with Gasteiger partial charge in [0.05, 0.1) is 11.1 Å². The summed E-state index contributed by atoms with van der Waals surface area (Å²) in [6.07, 6.45) is 0.453. The molecule has 3 aromatic rings. The number of nitro benzene ring substituents is 1. The van der Waals surface area contributed by atoms with Crippen molar-refractivity contribution in [2.75, 3.05) is 0 Å². The Hall–Kier alpha value is -3.45. The van der Waals surface area contributed by atoms with Crippen LogP contribution in [0.2, 0.25) is 5.02 Å². The number of ether oxygens (including phenoxy) is 1. The highest BCUT2D eigenvalue weighted by Crippen LogP contribution is 2.22. The van der Waals surface area contributed by atoms with Gasteiger partial charge in [0, 0.05) is 22.7 Å². The van der Waals surface area contributed by atoms with Gasteiger partial charge >= 0.3 is 0 Å². The molecule has 3 aromatic carbocycles. The summed E-state index contributed by atoms with van der Waals surface area (Å²) in [7, 11) is 0. The highest BCUT2D eigenvalue weighted by Gasteiger charge is 2.14. The van der Waals surface area contributed by atoms with Crippen molar-refractivity contribution >= 4 is 40.2 Å². The Balaban J connectivity index is 1.63. The number of nitro groups is 1. The van der Waals surface area contributed by atoms with Crippen molar-refractivity contribution in [3.05, 3.63) is 81.4 Å². The van der Waals surface area contributed by atoms with Gasteiger partial charge in [0.1, 0.15) is 5.75 Å². The molecular weight excluding hydrogens is 382 g/mol. The number of non-ortho nitro benzene ring substituents is 1. The van der Waals surface area contributed by atoms with Crippen LogP contribution in [0.25, 0.3) is 10.8 Å². The number of hydrogen-bond acceptors (Lipinski definition) is 5. The van der Waals surface area contributed by atoms with Crippen molar-refractivity contribution in [3.8, 4) is 5.75 Å². The molecule has 0 aliphatic heterocycles. The van der Waals surface area contributed by atoms with E-state index in [1.54, 1.807) is 13.0 Å². The molecule has 0 aliphatic carbocycles. The first-order valence-electron chi connectivity index (χ1n) is 8.36. The average Bonchev–Trinajstić information content (AvgIpc) is 2.69. The maximum atomic E-state index is 12.2. The fourth-order valence-electron chi connectivity index (χ4n) is 2.50. The maximum Gasteiger partial charge on any atom is 0.280 e. The second kappa shape index (κ2) is 8.49. The first kappa shape index (κ1) is 19.3. The van der Waals surface area contributed by atoms with Gasteiger partial charge in [-0.05, 0) is 35.9 Å². The lowest BCUT2D eigenvalue weighted by atomic mass is 10.1. The van der Waals surface area contributed by atoms with Crippen LogP contribution in [0.5, 0.6) is 5.75 Å². The second-order valence-electron chi connectivity index (χ2n) is 5.97. The van der Waals surface area contributed by atoms with Crippen LogP contribution in [0.3, 0.4) is 0 Å². The quantitative estimate of drug-likeness (QED) is 0.380. The zero-order chi connectivity index (χ0) is 20.1. The number of nitrogens with zero attached hydrogens (tertiary/aromatic N) is 2. The summed E-state index contributed by atoms with van der Waals surface area (Å²) >= 11 is 5.98. The number of carbonyl (C=O) groups is 1. The van der Waals surface area contributed by atoms with Crippen molar-refractivity contribution in [2.45, 2.75) is 13.0 Å². The first-order chi connectivity index (χ1) is 13.4. The minimum atomic E-state index is -0.793. The third-order valence-electron chi connectivity index (χ3n) is 3.97. The van der Waals surface area contributed by atoms with E-state index in [9.17, 15) is 14.9 Å². The minimum Gasteiger partial charge on any atom is -0.481 e. The van der Waals surface area contributed by atoms with E-state index in [0.717, 1.165) is 10.8 Å². The SMILES string of the molecule is CC(Oc1ccc2ccccc2c1)C(=O)N/N=C/c1cc([N+](=O)[O-])ccc1Cl. The van der Waals surface area contributed by atoms with E-state index in [4.69, 9.17) is 16.3 Å². The van der Waals surface area contributed by atoms with Crippen LogP contribution in [0, 0.1) is 10.1 Å². The van der Waals surface area contributed by atoms with E-state index >= 15 is 0 Å². The first-order valence-corrected chi connectivity index (χ1v) is 8.74. The summed E-state index contributed by atoms with van der Waals surface area (Å²) in [5.74, 6) is 0.0954. The second-order valence-corrected chi connectivity index (χ2v) is 6.37. The van der Waals surface area contributed by atoms with Crippen molar-refractivity contribution in [1.29, 1.82) is 0 Å². The standard InChI is InChI=1S/C20H16ClN3O4/c1-13(28-18-8-6-14-4-2-3-5-15(14)11-18)20(25)23-22-12-16-10-17(24(26)27)7-9-19(16)21/h2-13H,1H3,(H,23,25)/b22-12+. The predicted molar refractivity (Wildman–Crippen MR) is 108 cm³/mol. The molecule has 1 unspecified atom stereocenters. The zero-order valence-corrected chi connectivity index (χ0v) is 15.6. The third-order valence-corrected chi connectivity index (χ3v) is 4.32. The van der Waals surface area contributed by atoms with Crippen LogP contribution in [0.1, 0.15) is 12.5 Å². The molecule has 3 rings (SSSR count). The number of hydrogen-bond donors (Lipinski definition) is 1. The number of carbonyl (C=O) groups excluding carboxylic acids is 1. The molecule has 0 fully saturated rings. The van der Waals surface area contributed by atoms with Gasteiger partial charge in [-0.25, -0.2) is 5.43 Å². The van der Waals surface area contributed by atoms with E-state index in [0.29, 0.717) is 11.3 Å². The Bertz CT molecular complexity index is 1070. The lowest BCUT2D eigenvalue weighted by Gasteiger charge is -2.13. The van der Waals surface area contributed by atoms with Crippen LogP contribution >= 0.6 is 11.6 Å². The lowest BCUT2D eigenvalue weighted by molar-refractivity contribution is -0.384.